The molecule has 0 amide bonds. The second kappa shape index (κ2) is 6.97. The van der Waals surface area contributed by atoms with Crippen LogP contribution >= 0.6 is 0 Å². The lowest BCUT2D eigenvalue weighted by molar-refractivity contribution is -0.0411. The van der Waals surface area contributed by atoms with Crippen LogP contribution in [-0.4, -0.2) is 49.5 Å². The Morgan fingerprint density at radius 2 is 2.25 bits per heavy atom. The SMILES string of the molecule is COc1ccc(F)c(F)c1CN1CCOC(CCO)C1. The summed E-state index contributed by atoms with van der Waals surface area (Å²) in [5, 5.41) is 8.93. The van der Waals surface area contributed by atoms with Gasteiger partial charge in [-0.05, 0) is 18.6 Å². The molecule has 0 spiro atoms. The van der Waals surface area contributed by atoms with Crippen LogP contribution < -0.4 is 4.74 Å². The zero-order valence-electron chi connectivity index (χ0n) is 11.4. The van der Waals surface area contributed by atoms with E-state index in [1.54, 1.807) is 0 Å². The number of morpholine rings is 1. The molecule has 2 rings (SSSR count). The average Bonchev–Trinajstić information content (AvgIpc) is 2.45. The van der Waals surface area contributed by atoms with Gasteiger partial charge in [0, 0.05) is 31.8 Å². The van der Waals surface area contributed by atoms with E-state index in [0.29, 0.717) is 31.9 Å². The predicted molar refractivity (Wildman–Crippen MR) is 69.6 cm³/mol. The van der Waals surface area contributed by atoms with E-state index >= 15 is 0 Å². The molecular formula is C14H19F2NO3. The maximum Gasteiger partial charge on any atom is 0.167 e. The van der Waals surface area contributed by atoms with Gasteiger partial charge in [-0.25, -0.2) is 8.78 Å². The number of hydrogen-bond acceptors (Lipinski definition) is 4. The van der Waals surface area contributed by atoms with E-state index < -0.39 is 11.6 Å². The lowest BCUT2D eigenvalue weighted by atomic mass is 10.1. The van der Waals surface area contributed by atoms with Crippen LogP contribution in [0.5, 0.6) is 5.75 Å². The van der Waals surface area contributed by atoms with Crippen molar-refractivity contribution in [1.82, 2.24) is 4.90 Å². The van der Waals surface area contributed by atoms with Crippen LogP contribution in [0.4, 0.5) is 8.78 Å². The van der Waals surface area contributed by atoms with Crippen LogP contribution in [0.1, 0.15) is 12.0 Å². The number of aliphatic hydroxyl groups excluding tert-OH is 1. The van der Waals surface area contributed by atoms with Crippen molar-refractivity contribution in [2.75, 3.05) is 33.4 Å². The first-order chi connectivity index (χ1) is 9.65. The summed E-state index contributed by atoms with van der Waals surface area (Å²) < 4.78 is 37.8. The second-order valence-electron chi connectivity index (χ2n) is 4.78. The molecule has 4 nitrogen and oxygen atoms in total. The Hall–Kier alpha value is -1.24. The fourth-order valence-electron chi connectivity index (χ4n) is 2.38. The van der Waals surface area contributed by atoms with Gasteiger partial charge in [-0.2, -0.15) is 0 Å². The van der Waals surface area contributed by atoms with Crippen molar-refractivity contribution in [2.24, 2.45) is 0 Å². The largest absolute Gasteiger partial charge is 0.496 e. The van der Waals surface area contributed by atoms with E-state index in [1.807, 2.05) is 4.90 Å². The number of halogens is 2. The third-order valence-corrected chi connectivity index (χ3v) is 3.43. The van der Waals surface area contributed by atoms with E-state index in [-0.39, 0.29) is 24.8 Å². The summed E-state index contributed by atoms with van der Waals surface area (Å²) in [6.45, 7) is 2.05. The van der Waals surface area contributed by atoms with Gasteiger partial charge in [0.25, 0.3) is 0 Å². The number of hydrogen-bond donors (Lipinski definition) is 1. The molecule has 1 unspecified atom stereocenters. The summed E-state index contributed by atoms with van der Waals surface area (Å²) >= 11 is 0. The summed E-state index contributed by atoms with van der Waals surface area (Å²) in [7, 11) is 1.43. The molecule has 6 heteroatoms. The molecule has 1 aliphatic heterocycles. The fourth-order valence-corrected chi connectivity index (χ4v) is 2.38. The van der Waals surface area contributed by atoms with Gasteiger partial charge in [0.2, 0.25) is 0 Å². The predicted octanol–water partition coefficient (Wildman–Crippen LogP) is 1.56. The van der Waals surface area contributed by atoms with Crippen molar-refractivity contribution in [2.45, 2.75) is 19.1 Å². The zero-order chi connectivity index (χ0) is 14.5. The minimum atomic E-state index is -0.874. The molecule has 0 aromatic heterocycles. The van der Waals surface area contributed by atoms with E-state index in [9.17, 15) is 8.78 Å². The fraction of sp³-hybridized carbons (Fsp3) is 0.571. The van der Waals surface area contributed by atoms with Crippen LogP contribution in [0, 0.1) is 11.6 Å². The number of rotatable bonds is 5. The van der Waals surface area contributed by atoms with Gasteiger partial charge in [-0.1, -0.05) is 0 Å². The van der Waals surface area contributed by atoms with Gasteiger partial charge < -0.3 is 14.6 Å². The summed E-state index contributed by atoms with van der Waals surface area (Å²) in [6, 6.07) is 2.49. The lowest BCUT2D eigenvalue weighted by Gasteiger charge is -2.33. The highest BCUT2D eigenvalue weighted by atomic mass is 19.2. The van der Waals surface area contributed by atoms with E-state index in [0.717, 1.165) is 6.07 Å². The molecule has 1 aromatic rings. The summed E-state index contributed by atoms with van der Waals surface area (Å²) in [6.07, 6.45) is 0.468. The third-order valence-electron chi connectivity index (χ3n) is 3.43. The van der Waals surface area contributed by atoms with Crippen LogP contribution in [0.15, 0.2) is 12.1 Å². The average molecular weight is 287 g/mol. The molecule has 1 saturated heterocycles. The Balaban J connectivity index is 2.11. The number of ether oxygens (including phenoxy) is 2. The number of aliphatic hydroxyl groups is 1. The van der Waals surface area contributed by atoms with Crippen molar-refractivity contribution in [3.8, 4) is 5.75 Å². The highest BCUT2D eigenvalue weighted by molar-refractivity contribution is 5.35. The number of nitrogens with zero attached hydrogens (tertiary/aromatic N) is 1. The van der Waals surface area contributed by atoms with Crippen molar-refractivity contribution in [3.63, 3.8) is 0 Å². The van der Waals surface area contributed by atoms with Crippen molar-refractivity contribution >= 4 is 0 Å². The van der Waals surface area contributed by atoms with Crippen LogP contribution in [0.2, 0.25) is 0 Å². The van der Waals surface area contributed by atoms with Crippen LogP contribution in [0.3, 0.4) is 0 Å². The van der Waals surface area contributed by atoms with Gasteiger partial charge in [0.1, 0.15) is 5.75 Å². The molecule has 0 saturated carbocycles. The van der Waals surface area contributed by atoms with Gasteiger partial charge >= 0.3 is 0 Å². The van der Waals surface area contributed by atoms with E-state index in [2.05, 4.69) is 0 Å². The molecule has 1 atom stereocenters. The molecular weight excluding hydrogens is 268 g/mol. The van der Waals surface area contributed by atoms with Gasteiger partial charge in [0.15, 0.2) is 11.6 Å². The van der Waals surface area contributed by atoms with Crippen molar-refractivity contribution in [3.05, 3.63) is 29.3 Å². The van der Waals surface area contributed by atoms with Gasteiger partial charge in [-0.15, -0.1) is 0 Å². The normalized spacial score (nSPS) is 20.1. The van der Waals surface area contributed by atoms with Crippen molar-refractivity contribution in [1.29, 1.82) is 0 Å². The Morgan fingerprint density at radius 3 is 2.95 bits per heavy atom. The molecule has 0 radical (unpaired) electrons. The molecule has 1 heterocycles. The number of benzene rings is 1. The molecule has 112 valence electrons. The quantitative estimate of drug-likeness (QED) is 0.892. The molecule has 1 N–H and O–H groups in total. The number of methoxy groups -OCH3 is 1. The molecule has 1 fully saturated rings. The smallest absolute Gasteiger partial charge is 0.167 e. The Bertz CT molecular complexity index is 454. The van der Waals surface area contributed by atoms with Crippen molar-refractivity contribution < 1.29 is 23.4 Å². The molecule has 1 aromatic carbocycles. The standard InChI is InChI=1S/C14H19F2NO3/c1-19-13-3-2-12(15)14(16)11(13)9-17-5-7-20-10(8-17)4-6-18/h2-3,10,18H,4-9H2,1H3. The maximum absolute atomic E-state index is 13.9. The summed E-state index contributed by atoms with van der Waals surface area (Å²) in [5.41, 5.74) is 0.220. The lowest BCUT2D eigenvalue weighted by Crippen LogP contribution is -2.42. The van der Waals surface area contributed by atoms with E-state index in [4.69, 9.17) is 14.6 Å². The second-order valence-corrected chi connectivity index (χ2v) is 4.78. The van der Waals surface area contributed by atoms with Crippen LogP contribution in [-0.2, 0) is 11.3 Å². The first-order valence-corrected chi connectivity index (χ1v) is 6.61. The third kappa shape index (κ3) is 3.45. The minimum absolute atomic E-state index is 0.0517. The summed E-state index contributed by atoms with van der Waals surface area (Å²) in [5.74, 6) is -1.40. The monoisotopic (exact) mass is 287 g/mol. The van der Waals surface area contributed by atoms with Crippen LogP contribution in [0.25, 0.3) is 0 Å². The summed E-state index contributed by atoms with van der Waals surface area (Å²) in [4.78, 5) is 1.98. The molecule has 20 heavy (non-hydrogen) atoms. The highest BCUT2D eigenvalue weighted by Crippen LogP contribution is 2.26. The Morgan fingerprint density at radius 1 is 1.45 bits per heavy atom. The molecule has 0 bridgehead atoms. The first-order valence-electron chi connectivity index (χ1n) is 6.61. The van der Waals surface area contributed by atoms with Gasteiger partial charge in [-0.3, -0.25) is 4.90 Å². The Kier molecular flexibility index (Phi) is 5.28. The minimum Gasteiger partial charge on any atom is -0.496 e. The van der Waals surface area contributed by atoms with E-state index in [1.165, 1.54) is 13.2 Å². The first kappa shape index (κ1) is 15.2. The Labute approximate surface area is 116 Å². The molecule has 0 aliphatic carbocycles. The maximum atomic E-state index is 13.9. The zero-order valence-corrected chi connectivity index (χ0v) is 11.4. The highest BCUT2D eigenvalue weighted by Gasteiger charge is 2.23. The topological polar surface area (TPSA) is 41.9 Å². The van der Waals surface area contributed by atoms with Gasteiger partial charge in [0.05, 0.1) is 19.8 Å². The molecule has 1 aliphatic rings.